The van der Waals surface area contributed by atoms with Crippen molar-refractivity contribution >= 4 is 0 Å². The van der Waals surface area contributed by atoms with Gasteiger partial charge < -0.3 is 10.2 Å². The number of nitrogens with zero attached hydrogens (tertiary/aromatic N) is 2. The van der Waals surface area contributed by atoms with Gasteiger partial charge in [-0.2, -0.15) is 18.4 Å². The first-order chi connectivity index (χ1) is 6.84. The van der Waals surface area contributed by atoms with Crippen molar-refractivity contribution in [2.24, 2.45) is 5.92 Å². The summed E-state index contributed by atoms with van der Waals surface area (Å²) < 4.78 is 36.6. The number of nitriles is 1. The minimum Gasteiger partial charge on any atom is -0.389 e. The van der Waals surface area contributed by atoms with Gasteiger partial charge in [0, 0.05) is 19.6 Å². The lowest BCUT2D eigenvalue weighted by molar-refractivity contribution is -0.162. The Bertz CT molecular complexity index is 254. The molecule has 1 aliphatic rings. The van der Waals surface area contributed by atoms with Crippen LogP contribution in [0.15, 0.2) is 0 Å². The second-order valence-electron chi connectivity index (χ2n) is 3.58. The second kappa shape index (κ2) is 4.35. The third kappa shape index (κ3) is 3.06. The Morgan fingerprint density at radius 1 is 1.33 bits per heavy atom. The monoisotopic (exact) mass is 224 g/mol. The van der Waals surface area contributed by atoms with E-state index in [4.69, 9.17) is 15.5 Å². The molecule has 15 heavy (non-hydrogen) atoms. The summed E-state index contributed by atoms with van der Waals surface area (Å²) in [5.41, 5.74) is 0. The number of hydrogen-bond acceptors (Lipinski definition) is 4. The molecule has 0 spiro atoms. The predicted molar refractivity (Wildman–Crippen MR) is 43.6 cm³/mol. The molecule has 0 radical (unpaired) electrons. The third-order valence-electron chi connectivity index (χ3n) is 2.33. The van der Waals surface area contributed by atoms with E-state index in [0.29, 0.717) is 0 Å². The minimum atomic E-state index is -4.56. The molecule has 7 heteroatoms. The van der Waals surface area contributed by atoms with E-state index in [1.807, 2.05) is 0 Å². The van der Waals surface area contributed by atoms with E-state index in [2.05, 4.69) is 0 Å². The standard InChI is InChI=1S/C8H11F3N2O2/c9-8(10,11)5(1-12)2-13-3-6(14)7(15)4-13/h5-7,14-15H,2-4H2. The number of hydrogen-bond donors (Lipinski definition) is 2. The topological polar surface area (TPSA) is 67.5 Å². The van der Waals surface area contributed by atoms with Gasteiger partial charge in [-0.15, -0.1) is 0 Å². The second-order valence-corrected chi connectivity index (χ2v) is 3.58. The van der Waals surface area contributed by atoms with Crippen molar-refractivity contribution in [3.63, 3.8) is 0 Å². The molecule has 1 fully saturated rings. The first kappa shape index (κ1) is 12.2. The zero-order chi connectivity index (χ0) is 11.6. The first-order valence-electron chi connectivity index (χ1n) is 4.39. The Hall–Kier alpha value is -0.840. The van der Waals surface area contributed by atoms with Crippen LogP contribution in [0.2, 0.25) is 0 Å². The molecule has 1 saturated heterocycles. The molecule has 0 amide bonds. The molecule has 86 valence electrons. The van der Waals surface area contributed by atoms with Crippen LogP contribution in [0.5, 0.6) is 0 Å². The number of alkyl halides is 3. The Morgan fingerprint density at radius 3 is 2.13 bits per heavy atom. The largest absolute Gasteiger partial charge is 0.405 e. The van der Waals surface area contributed by atoms with E-state index < -0.39 is 30.8 Å². The summed E-state index contributed by atoms with van der Waals surface area (Å²) >= 11 is 0. The van der Waals surface area contributed by atoms with E-state index in [9.17, 15) is 13.2 Å². The molecule has 1 heterocycles. The van der Waals surface area contributed by atoms with Crippen LogP contribution >= 0.6 is 0 Å². The van der Waals surface area contributed by atoms with Gasteiger partial charge in [0.05, 0.1) is 18.3 Å². The number of rotatable bonds is 2. The zero-order valence-electron chi connectivity index (χ0n) is 7.78. The maximum absolute atomic E-state index is 12.2. The summed E-state index contributed by atoms with van der Waals surface area (Å²) in [5, 5.41) is 26.5. The highest BCUT2D eigenvalue weighted by Crippen LogP contribution is 2.27. The lowest BCUT2D eigenvalue weighted by atomic mass is 10.1. The first-order valence-corrected chi connectivity index (χ1v) is 4.39. The van der Waals surface area contributed by atoms with Crippen molar-refractivity contribution in [3.05, 3.63) is 0 Å². The van der Waals surface area contributed by atoms with E-state index in [0.717, 1.165) is 0 Å². The van der Waals surface area contributed by atoms with Gasteiger partial charge in [-0.3, -0.25) is 4.90 Å². The van der Waals surface area contributed by atoms with Crippen molar-refractivity contribution in [2.75, 3.05) is 19.6 Å². The smallest absolute Gasteiger partial charge is 0.389 e. The third-order valence-corrected chi connectivity index (χ3v) is 2.33. The van der Waals surface area contributed by atoms with Crippen LogP contribution in [-0.2, 0) is 0 Å². The van der Waals surface area contributed by atoms with Crippen LogP contribution in [0.3, 0.4) is 0 Å². The van der Waals surface area contributed by atoms with Gasteiger partial charge >= 0.3 is 6.18 Å². The van der Waals surface area contributed by atoms with Gasteiger partial charge in [0.1, 0.15) is 0 Å². The number of aliphatic hydroxyl groups excluding tert-OH is 2. The van der Waals surface area contributed by atoms with E-state index in [1.165, 1.54) is 11.0 Å². The molecule has 1 rings (SSSR count). The van der Waals surface area contributed by atoms with Gasteiger partial charge in [-0.1, -0.05) is 0 Å². The number of halogens is 3. The molecular weight excluding hydrogens is 213 g/mol. The molecule has 1 aliphatic heterocycles. The highest BCUT2D eigenvalue weighted by molar-refractivity contribution is 4.93. The van der Waals surface area contributed by atoms with E-state index in [1.54, 1.807) is 0 Å². The Kier molecular flexibility index (Phi) is 3.54. The van der Waals surface area contributed by atoms with E-state index >= 15 is 0 Å². The molecule has 0 aliphatic carbocycles. The SMILES string of the molecule is N#CC(CN1CC(O)C(O)C1)C(F)(F)F. The molecule has 3 unspecified atom stereocenters. The summed E-state index contributed by atoms with van der Waals surface area (Å²) in [6, 6.07) is 1.17. The maximum atomic E-state index is 12.2. The van der Waals surface area contributed by atoms with Crippen LogP contribution in [0, 0.1) is 17.2 Å². The summed E-state index contributed by atoms with van der Waals surface area (Å²) in [7, 11) is 0. The Labute approximate surface area is 84.5 Å². The molecular formula is C8H11F3N2O2. The van der Waals surface area contributed by atoms with Gasteiger partial charge in [0.15, 0.2) is 5.92 Å². The normalized spacial score (nSPS) is 30.1. The number of likely N-dealkylation sites (tertiary alicyclic amines) is 1. The van der Waals surface area contributed by atoms with Gasteiger partial charge in [-0.25, -0.2) is 0 Å². The quantitative estimate of drug-likeness (QED) is 0.677. The van der Waals surface area contributed by atoms with Gasteiger partial charge in [0.25, 0.3) is 0 Å². The van der Waals surface area contributed by atoms with Crippen LogP contribution in [0.4, 0.5) is 13.2 Å². The molecule has 0 aromatic heterocycles. The molecule has 0 saturated carbocycles. The number of β-amino-alcohol motifs (C(OH)–C–C–N with tert-alkyl or cyclic N) is 2. The highest BCUT2D eigenvalue weighted by Gasteiger charge is 2.42. The summed E-state index contributed by atoms with van der Waals surface area (Å²) in [6.45, 7) is -0.570. The summed E-state index contributed by atoms with van der Waals surface area (Å²) in [6.07, 6.45) is -6.62. The highest BCUT2D eigenvalue weighted by atomic mass is 19.4. The van der Waals surface area contributed by atoms with E-state index in [-0.39, 0.29) is 13.1 Å². The average molecular weight is 224 g/mol. The molecule has 2 N–H and O–H groups in total. The van der Waals surface area contributed by atoms with Crippen molar-refractivity contribution in [1.82, 2.24) is 4.90 Å². The molecule has 3 atom stereocenters. The predicted octanol–water partition coefficient (Wildman–Crippen LogP) is -0.274. The van der Waals surface area contributed by atoms with Crippen LogP contribution < -0.4 is 0 Å². The van der Waals surface area contributed by atoms with Crippen LogP contribution in [-0.4, -0.2) is 53.1 Å². The van der Waals surface area contributed by atoms with Crippen LogP contribution in [0.25, 0.3) is 0 Å². The number of aliphatic hydroxyl groups is 2. The van der Waals surface area contributed by atoms with Gasteiger partial charge in [-0.05, 0) is 0 Å². The molecule has 0 bridgehead atoms. The fraction of sp³-hybridized carbons (Fsp3) is 0.875. The van der Waals surface area contributed by atoms with Crippen molar-refractivity contribution in [3.8, 4) is 6.07 Å². The lowest BCUT2D eigenvalue weighted by Crippen LogP contribution is -2.35. The maximum Gasteiger partial charge on any atom is 0.405 e. The zero-order valence-corrected chi connectivity index (χ0v) is 7.78. The Balaban J connectivity index is 2.52. The molecule has 0 aromatic rings. The van der Waals surface area contributed by atoms with Crippen molar-refractivity contribution in [1.29, 1.82) is 5.26 Å². The van der Waals surface area contributed by atoms with Crippen molar-refractivity contribution in [2.45, 2.75) is 18.4 Å². The molecule has 0 aromatic carbocycles. The lowest BCUT2D eigenvalue weighted by Gasteiger charge is -2.20. The van der Waals surface area contributed by atoms with Crippen LogP contribution in [0.1, 0.15) is 0 Å². The minimum absolute atomic E-state index is 0.0323. The molecule has 4 nitrogen and oxygen atoms in total. The average Bonchev–Trinajstić information content (AvgIpc) is 2.40. The summed E-state index contributed by atoms with van der Waals surface area (Å²) in [4.78, 5) is 1.23. The van der Waals surface area contributed by atoms with Gasteiger partial charge in [0.2, 0.25) is 0 Å². The fourth-order valence-corrected chi connectivity index (χ4v) is 1.47. The van der Waals surface area contributed by atoms with Crippen molar-refractivity contribution < 1.29 is 23.4 Å². The fourth-order valence-electron chi connectivity index (χ4n) is 1.47. The summed E-state index contributed by atoms with van der Waals surface area (Å²) in [5.74, 6) is -2.07. The Morgan fingerprint density at radius 2 is 1.80 bits per heavy atom.